The molecule has 2 N–H and O–H groups in total. The van der Waals surface area contributed by atoms with Gasteiger partial charge in [-0.1, -0.05) is 17.7 Å². The highest BCUT2D eigenvalue weighted by Gasteiger charge is 2.53. The van der Waals surface area contributed by atoms with Crippen molar-refractivity contribution in [2.24, 2.45) is 17.1 Å². The lowest BCUT2D eigenvalue weighted by molar-refractivity contribution is 0.0230. The Bertz CT molecular complexity index is 1060. The van der Waals surface area contributed by atoms with E-state index in [0.717, 1.165) is 4.88 Å². The molecule has 7 nitrogen and oxygen atoms in total. The second-order valence-electron chi connectivity index (χ2n) is 8.18. The molecule has 30 heavy (non-hydrogen) atoms. The minimum Gasteiger partial charge on any atom is -0.444 e. The first-order chi connectivity index (χ1) is 14.1. The van der Waals surface area contributed by atoms with Gasteiger partial charge in [0, 0.05) is 29.8 Å². The average Bonchev–Trinajstić information content (AvgIpc) is 3.11. The van der Waals surface area contributed by atoms with Crippen molar-refractivity contribution < 1.29 is 9.53 Å². The summed E-state index contributed by atoms with van der Waals surface area (Å²) in [6, 6.07) is 9.67. The maximum atomic E-state index is 12.7. The minimum absolute atomic E-state index is 0.0576. The number of allylic oxidation sites excluding steroid dienone is 2. The molecule has 1 aliphatic carbocycles. The van der Waals surface area contributed by atoms with Gasteiger partial charge in [-0.3, -0.25) is 0 Å². The van der Waals surface area contributed by atoms with Crippen LogP contribution >= 0.6 is 22.9 Å². The molecule has 1 aromatic heterocycles. The molecular formula is C21H20ClN5O2S. The fourth-order valence-corrected chi connectivity index (χ4v) is 5.17. The molecule has 1 aromatic rings. The van der Waals surface area contributed by atoms with Gasteiger partial charge in [0.05, 0.1) is 33.8 Å². The van der Waals surface area contributed by atoms with Crippen molar-refractivity contribution in [2.75, 3.05) is 13.1 Å². The normalized spacial score (nSPS) is 22.8. The lowest BCUT2D eigenvalue weighted by atomic mass is 9.61. The third kappa shape index (κ3) is 3.52. The van der Waals surface area contributed by atoms with E-state index in [-0.39, 0.29) is 24.4 Å². The molecule has 2 heterocycles. The first kappa shape index (κ1) is 21.7. The van der Waals surface area contributed by atoms with Gasteiger partial charge in [-0.05, 0) is 38.5 Å². The molecule has 0 aromatic carbocycles. The van der Waals surface area contributed by atoms with Crippen LogP contribution in [0.5, 0.6) is 0 Å². The second-order valence-corrected chi connectivity index (χ2v) is 9.93. The number of thiophene rings is 1. The third-order valence-corrected chi connectivity index (χ3v) is 6.51. The minimum atomic E-state index is -1.74. The molecule has 2 atom stereocenters. The number of fused-ring (bicyclic) bond motifs is 1. The standard InChI is InChI=1S/C21H20ClN5O2S/c1-20(2,3)29-19(28)27-7-6-14-13(9-27)17(15-4-5-16(22)30-15)12(8-23)18(26)21(14,10-24)11-25/h4-6,13,17H,7,9,26H2,1-3H3. The van der Waals surface area contributed by atoms with Crippen molar-refractivity contribution in [3.63, 3.8) is 0 Å². The predicted octanol–water partition coefficient (Wildman–Crippen LogP) is 4.06. The van der Waals surface area contributed by atoms with E-state index in [1.807, 2.05) is 12.1 Å². The monoisotopic (exact) mass is 441 g/mol. The van der Waals surface area contributed by atoms with Crippen LogP contribution in [0.25, 0.3) is 0 Å². The summed E-state index contributed by atoms with van der Waals surface area (Å²) in [7, 11) is 0. The van der Waals surface area contributed by atoms with Gasteiger partial charge in [-0.25, -0.2) is 4.79 Å². The Morgan fingerprint density at radius 2 is 2.00 bits per heavy atom. The zero-order valence-electron chi connectivity index (χ0n) is 16.8. The molecule has 0 radical (unpaired) electrons. The van der Waals surface area contributed by atoms with E-state index in [9.17, 15) is 20.6 Å². The summed E-state index contributed by atoms with van der Waals surface area (Å²) < 4.78 is 6.03. The molecule has 154 valence electrons. The number of carbonyl (C=O) groups excluding carboxylic acids is 1. The van der Waals surface area contributed by atoms with Crippen LogP contribution in [0.4, 0.5) is 4.79 Å². The Hall–Kier alpha value is -2.99. The first-order valence-electron chi connectivity index (χ1n) is 9.24. The van der Waals surface area contributed by atoms with Gasteiger partial charge < -0.3 is 15.4 Å². The molecule has 9 heteroatoms. The molecule has 1 amide bonds. The third-order valence-electron chi connectivity index (χ3n) is 5.20. The number of nitrogens with two attached hydrogens (primary N) is 1. The number of hydrogen-bond donors (Lipinski definition) is 1. The van der Waals surface area contributed by atoms with Crippen molar-refractivity contribution >= 4 is 29.0 Å². The Balaban J connectivity index is 2.16. The summed E-state index contributed by atoms with van der Waals surface area (Å²) in [5.74, 6) is -0.999. The summed E-state index contributed by atoms with van der Waals surface area (Å²) in [6.45, 7) is 5.70. The Morgan fingerprint density at radius 3 is 2.50 bits per heavy atom. The van der Waals surface area contributed by atoms with Crippen LogP contribution in [-0.4, -0.2) is 29.7 Å². The molecule has 0 fully saturated rings. The number of nitriles is 3. The number of halogens is 1. The zero-order valence-corrected chi connectivity index (χ0v) is 18.3. The highest BCUT2D eigenvalue weighted by atomic mass is 35.5. The molecule has 0 bridgehead atoms. The van der Waals surface area contributed by atoms with Crippen molar-refractivity contribution in [3.8, 4) is 18.2 Å². The summed E-state index contributed by atoms with van der Waals surface area (Å²) in [4.78, 5) is 15.0. The number of amides is 1. The number of nitrogens with zero attached hydrogens (tertiary/aromatic N) is 4. The highest BCUT2D eigenvalue weighted by Crippen LogP contribution is 2.54. The van der Waals surface area contributed by atoms with Crippen LogP contribution in [0.2, 0.25) is 4.34 Å². The Kier molecular flexibility index (Phi) is 5.56. The van der Waals surface area contributed by atoms with Crippen LogP contribution in [0.15, 0.2) is 35.1 Å². The van der Waals surface area contributed by atoms with Crippen LogP contribution in [0, 0.1) is 45.3 Å². The van der Waals surface area contributed by atoms with Gasteiger partial charge in [0.2, 0.25) is 5.41 Å². The highest BCUT2D eigenvalue weighted by molar-refractivity contribution is 7.16. The van der Waals surface area contributed by atoms with Gasteiger partial charge in [0.1, 0.15) is 5.60 Å². The molecule has 0 spiro atoms. The van der Waals surface area contributed by atoms with Gasteiger partial charge in [-0.2, -0.15) is 15.8 Å². The maximum absolute atomic E-state index is 12.7. The fourth-order valence-electron chi connectivity index (χ4n) is 3.93. The molecular weight excluding hydrogens is 422 g/mol. The van der Waals surface area contributed by atoms with E-state index in [0.29, 0.717) is 9.91 Å². The lowest BCUT2D eigenvalue weighted by Gasteiger charge is -2.44. The first-order valence-corrected chi connectivity index (χ1v) is 10.4. The van der Waals surface area contributed by atoms with E-state index in [4.69, 9.17) is 22.1 Å². The summed E-state index contributed by atoms with van der Waals surface area (Å²) in [5.41, 5.74) is 4.45. The van der Waals surface area contributed by atoms with E-state index in [2.05, 4.69) is 6.07 Å². The second kappa shape index (κ2) is 7.69. The van der Waals surface area contributed by atoms with Crippen molar-refractivity contribution in [1.82, 2.24) is 4.90 Å². The van der Waals surface area contributed by atoms with E-state index in [1.54, 1.807) is 39.0 Å². The molecule has 2 unspecified atom stereocenters. The maximum Gasteiger partial charge on any atom is 0.410 e. The fraction of sp³-hybridized carbons (Fsp3) is 0.429. The number of rotatable bonds is 1. The number of hydrogen-bond acceptors (Lipinski definition) is 7. The van der Waals surface area contributed by atoms with E-state index >= 15 is 0 Å². The summed E-state index contributed by atoms with van der Waals surface area (Å²) >= 11 is 7.43. The molecule has 2 aliphatic rings. The number of ether oxygens (including phenoxy) is 1. The van der Waals surface area contributed by atoms with Gasteiger partial charge >= 0.3 is 6.09 Å². The molecule has 0 saturated carbocycles. The van der Waals surface area contributed by atoms with Crippen LogP contribution < -0.4 is 5.73 Å². The van der Waals surface area contributed by atoms with Crippen molar-refractivity contribution in [1.29, 1.82) is 15.8 Å². The summed E-state index contributed by atoms with van der Waals surface area (Å²) in [6.07, 6.45) is 1.19. The molecule has 3 rings (SSSR count). The topological polar surface area (TPSA) is 127 Å². The Labute approximate surface area is 184 Å². The van der Waals surface area contributed by atoms with E-state index < -0.39 is 28.9 Å². The van der Waals surface area contributed by atoms with Crippen LogP contribution in [-0.2, 0) is 4.74 Å². The van der Waals surface area contributed by atoms with E-state index in [1.165, 1.54) is 16.2 Å². The van der Waals surface area contributed by atoms with Gasteiger partial charge in [0.15, 0.2) is 0 Å². The zero-order chi connectivity index (χ0) is 22.3. The largest absolute Gasteiger partial charge is 0.444 e. The van der Waals surface area contributed by atoms with Crippen molar-refractivity contribution in [2.45, 2.75) is 32.3 Å². The quantitative estimate of drug-likeness (QED) is 0.654. The smallest absolute Gasteiger partial charge is 0.410 e. The average molecular weight is 442 g/mol. The number of carbonyl (C=O) groups is 1. The lowest BCUT2D eigenvalue weighted by Crippen LogP contribution is -2.49. The van der Waals surface area contributed by atoms with Gasteiger partial charge in [0.25, 0.3) is 0 Å². The van der Waals surface area contributed by atoms with Crippen molar-refractivity contribution in [3.05, 3.63) is 44.3 Å². The van der Waals surface area contributed by atoms with Gasteiger partial charge in [-0.15, -0.1) is 11.3 Å². The molecule has 1 aliphatic heterocycles. The SMILES string of the molecule is CC(C)(C)OC(=O)N1CC=C2C(C1)C(c1ccc(Cl)s1)C(C#N)=C(N)C2(C#N)C#N. The Morgan fingerprint density at radius 1 is 1.33 bits per heavy atom. The van der Waals surface area contributed by atoms with Crippen LogP contribution in [0.3, 0.4) is 0 Å². The molecule has 0 saturated heterocycles. The summed E-state index contributed by atoms with van der Waals surface area (Å²) in [5, 5.41) is 29.7. The predicted molar refractivity (Wildman–Crippen MR) is 112 cm³/mol. The van der Waals surface area contributed by atoms with Crippen LogP contribution in [0.1, 0.15) is 31.6 Å².